The number of halogens is 4. The molecule has 6 nitrogen and oxygen atoms in total. The van der Waals surface area contributed by atoms with E-state index in [0.717, 1.165) is 11.1 Å². The van der Waals surface area contributed by atoms with Gasteiger partial charge in [0, 0.05) is 11.4 Å². The molecule has 3 aromatic rings. The summed E-state index contributed by atoms with van der Waals surface area (Å²) in [5.41, 5.74) is 3.24. The lowest BCUT2D eigenvalue weighted by atomic mass is 10.1. The second-order valence-electron chi connectivity index (χ2n) is 7.72. The molecule has 2 amide bonds. The van der Waals surface area contributed by atoms with Crippen molar-refractivity contribution in [2.24, 2.45) is 0 Å². The van der Waals surface area contributed by atoms with Gasteiger partial charge in [0.15, 0.2) is 12.4 Å². The molecule has 184 valence electrons. The van der Waals surface area contributed by atoms with Crippen LogP contribution in [0, 0.1) is 25.2 Å². The minimum Gasteiger partial charge on any atom is -0.481 e. The molecule has 0 aliphatic heterocycles. The number of hydrogen-bond acceptors (Lipinski definition) is 4. The molecule has 3 rings (SSSR count). The molecular weight excluding hydrogens is 544 g/mol. The van der Waals surface area contributed by atoms with Gasteiger partial charge in [0.25, 0.3) is 11.8 Å². The Bertz CT molecular complexity index is 1390. The lowest BCUT2D eigenvalue weighted by Crippen LogP contribution is -2.20. The van der Waals surface area contributed by atoms with Crippen molar-refractivity contribution in [3.8, 4) is 11.8 Å². The number of ether oxygens (including phenoxy) is 1. The maximum atomic E-state index is 12.6. The van der Waals surface area contributed by atoms with Crippen molar-refractivity contribution in [3.05, 3.63) is 90.9 Å². The van der Waals surface area contributed by atoms with Crippen molar-refractivity contribution in [2.45, 2.75) is 13.8 Å². The van der Waals surface area contributed by atoms with Gasteiger partial charge >= 0.3 is 0 Å². The van der Waals surface area contributed by atoms with E-state index in [9.17, 15) is 14.9 Å². The van der Waals surface area contributed by atoms with Gasteiger partial charge in [-0.1, -0.05) is 64.1 Å². The third-order valence-electron chi connectivity index (χ3n) is 4.88. The van der Waals surface area contributed by atoms with Gasteiger partial charge in [-0.25, -0.2) is 0 Å². The monoisotopic (exact) mass is 561 g/mol. The van der Waals surface area contributed by atoms with Crippen molar-refractivity contribution in [3.63, 3.8) is 0 Å². The molecule has 2 N–H and O–H groups in total. The number of nitrogens with zero attached hydrogens (tertiary/aromatic N) is 1. The molecule has 0 radical (unpaired) electrons. The molecular formula is C26H19Cl4N3O3. The molecule has 10 heteroatoms. The number of nitriles is 1. The van der Waals surface area contributed by atoms with Gasteiger partial charge in [0.1, 0.15) is 11.6 Å². The van der Waals surface area contributed by atoms with Gasteiger partial charge in [0.05, 0.1) is 20.1 Å². The van der Waals surface area contributed by atoms with Crippen LogP contribution in [0.2, 0.25) is 20.1 Å². The molecule has 3 aromatic carbocycles. The topological polar surface area (TPSA) is 91.2 Å². The average Bonchev–Trinajstić information content (AvgIpc) is 2.81. The average molecular weight is 563 g/mol. The second kappa shape index (κ2) is 12.2. The Balaban J connectivity index is 1.70. The third-order valence-corrected chi connectivity index (χ3v) is 6.18. The quantitative estimate of drug-likeness (QED) is 0.230. The standard InChI is InChI=1S/C26H19Cl4N3O3/c1-14-3-6-23(15(2)7-14)33-26(35)17(12-31)8-16-9-21(29)25(22(30)10-16)36-13-24(34)32-18-4-5-19(27)20(28)11-18/h3-11H,13H2,1-2H3,(H,32,34)(H,33,35)/b17-8+. The van der Waals surface area contributed by atoms with Crippen LogP contribution in [-0.2, 0) is 9.59 Å². The fourth-order valence-corrected chi connectivity index (χ4v) is 4.08. The van der Waals surface area contributed by atoms with Crippen LogP contribution in [0.1, 0.15) is 16.7 Å². The Kier molecular flexibility index (Phi) is 9.25. The number of carbonyl (C=O) groups is 2. The first-order chi connectivity index (χ1) is 17.1. The van der Waals surface area contributed by atoms with E-state index in [1.54, 1.807) is 18.2 Å². The first kappa shape index (κ1) is 27.4. The Morgan fingerprint density at radius 3 is 2.22 bits per heavy atom. The highest BCUT2D eigenvalue weighted by Crippen LogP contribution is 2.35. The van der Waals surface area contributed by atoms with Gasteiger partial charge in [-0.15, -0.1) is 0 Å². The highest BCUT2D eigenvalue weighted by molar-refractivity contribution is 6.42. The third kappa shape index (κ3) is 7.16. The Labute approximate surface area is 228 Å². The maximum Gasteiger partial charge on any atom is 0.266 e. The molecule has 0 saturated carbocycles. The minimum absolute atomic E-state index is 0.0815. The summed E-state index contributed by atoms with van der Waals surface area (Å²) in [5, 5.41) is 15.7. The Hall–Kier alpha value is -3.21. The Morgan fingerprint density at radius 2 is 1.61 bits per heavy atom. The lowest BCUT2D eigenvalue weighted by molar-refractivity contribution is -0.118. The smallest absolute Gasteiger partial charge is 0.266 e. The fraction of sp³-hybridized carbons (Fsp3) is 0.115. The molecule has 0 fully saturated rings. The molecule has 0 aromatic heterocycles. The van der Waals surface area contributed by atoms with Crippen LogP contribution in [0.4, 0.5) is 11.4 Å². The zero-order valence-corrected chi connectivity index (χ0v) is 22.1. The summed E-state index contributed by atoms with van der Waals surface area (Å²) in [6.07, 6.45) is 1.36. The van der Waals surface area contributed by atoms with Gasteiger partial charge in [-0.05, 0) is 67.4 Å². The van der Waals surface area contributed by atoms with Crippen LogP contribution in [0.5, 0.6) is 5.75 Å². The normalized spacial score (nSPS) is 11.0. The molecule has 0 saturated heterocycles. The van der Waals surface area contributed by atoms with E-state index in [1.807, 2.05) is 32.0 Å². The number of benzene rings is 3. The van der Waals surface area contributed by atoms with Gasteiger partial charge in [-0.3, -0.25) is 9.59 Å². The number of nitrogens with one attached hydrogen (secondary N) is 2. The minimum atomic E-state index is -0.573. The largest absolute Gasteiger partial charge is 0.481 e. The summed E-state index contributed by atoms with van der Waals surface area (Å²) in [6.45, 7) is 3.43. The van der Waals surface area contributed by atoms with E-state index in [-0.39, 0.29) is 28.0 Å². The van der Waals surface area contributed by atoms with Gasteiger partial charge in [-0.2, -0.15) is 5.26 Å². The summed E-state index contributed by atoms with van der Waals surface area (Å²) < 4.78 is 5.49. The molecule has 0 aliphatic rings. The van der Waals surface area contributed by atoms with E-state index >= 15 is 0 Å². The summed E-state index contributed by atoms with van der Waals surface area (Å²) in [6, 6.07) is 15.0. The van der Waals surface area contributed by atoms with Crippen LogP contribution in [0.15, 0.2) is 54.1 Å². The second-order valence-corrected chi connectivity index (χ2v) is 9.35. The highest BCUT2D eigenvalue weighted by Gasteiger charge is 2.15. The molecule has 0 aliphatic carbocycles. The number of aryl methyl sites for hydroxylation is 2. The molecule has 0 spiro atoms. The predicted molar refractivity (Wildman–Crippen MR) is 145 cm³/mol. The zero-order valence-electron chi connectivity index (χ0n) is 19.1. The van der Waals surface area contributed by atoms with Crippen molar-refractivity contribution in [1.29, 1.82) is 5.26 Å². The maximum absolute atomic E-state index is 12.6. The Morgan fingerprint density at radius 1 is 0.917 bits per heavy atom. The summed E-state index contributed by atoms with van der Waals surface area (Å²) in [4.78, 5) is 24.9. The van der Waals surface area contributed by atoms with Crippen molar-refractivity contribution < 1.29 is 14.3 Å². The van der Waals surface area contributed by atoms with Crippen molar-refractivity contribution >= 4 is 75.7 Å². The van der Waals surface area contributed by atoms with Crippen LogP contribution in [-0.4, -0.2) is 18.4 Å². The number of carbonyl (C=O) groups excluding carboxylic acids is 2. The van der Waals surface area contributed by atoms with Crippen molar-refractivity contribution in [2.75, 3.05) is 17.2 Å². The fourth-order valence-electron chi connectivity index (χ4n) is 3.17. The van der Waals surface area contributed by atoms with Crippen LogP contribution < -0.4 is 15.4 Å². The summed E-state index contributed by atoms with van der Waals surface area (Å²) >= 11 is 24.4. The lowest BCUT2D eigenvalue weighted by Gasteiger charge is -2.12. The number of rotatable bonds is 7. The first-order valence-corrected chi connectivity index (χ1v) is 12.0. The molecule has 0 atom stereocenters. The van der Waals surface area contributed by atoms with E-state index in [1.165, 1.54) is 24.3 Å². The van der Waals surface area contributed by atoms with Gasteiger partial charge < -0.3 is 15.4 Å². The van der Waals surface area contributed by atoms with E-state index in [2.05, 4.69) is 10.6 Å². The van der Waals surface area contributed by atoms with Crippen molar-refractivity contribution in [1.82, 2.24) is 0 Å². The van der Waals surface area contributed by atoms with Crippen LogP contribution in [0.25, 0.3) is 6.08 Å². The first-order valence-electron chi connectivity index (χ1n) is 10.4. The molecule has 0 heterocycles. The van der Waals surface area contributed by atoms with E-state index in [0.29, 0.717) is 27.0 Å². The molecule has 0 bridgehead atoms. The zero-order chi connectivity index (χ0) is 26.4. The molecule has 0 unspecified atom stereocenters. The van der Waals surface area contributed by atoms with Crippen LogP contribution >= 0.6 is 46.4 Å². The van der Waals surface area contributed by atoms with E-state index in [4.69, 9.17) is 51.1 Å². The SMILES string of the molecule is Cc1ccc(NC(=O)/C(C#N)=C/c2cc(Cl)c(OCC(=O)Nc3ccc(Cl)c(Cl)c3)c(Cl)c2)c(C)c1. The van der Waals surface area contributed by atoms with E-state index < -0.39 is 11.8 Å². The number of amides is 2. The summed E-state index contributed by atoms with van der Waals surface area (Å²) in [7, 11) is 0. The summed E-state index contributed by atoms with van der Waals surface area (Å²) in [5.74, 6) is -0.964. The number of anilines is 2. The molecule has 36 heavy (non-hydrogen) atoms. The highest BCUT2D eigenvalue weighted by atomic mass is 35.5. The number of hydrogen-bond donors (Lipinski definition) is 2. The predicted octanol–water partition coefficient (Wildman–Crippen LogP) is 7.48. The van der Waals surface area contributed by atoms with Crippen LogP contribution in [0.3, 0.4) is 0 Å². The van der Waals surface area contributed by atoms with Gasteiger partial charge in [0.2, 0.25) is 0 Å².